The van der Waals surface area contributed by atoms with Crippen molar-refractivity contribution in [1.29, 1.82) is 0 Å². The summed E-state index contributed by atoms with van der Waals surface area (Å²) >= 11 is 0. The van der Waals surface area contributed by atoms with Crippen molar-refractivity contribution < 1.29 is 53.4 Å². The van der Waals surface area contributed by atoms with Crippen LogP contribution < -0.4 is 0 Å². The van der Waals surface area contributed by atoms with Crippen LogP contribution in [-0.2, 0) is 15.0 Å². The summed E-state index contributed by atoms with van der Waals surface area (Å²) in [6.07, 6.45) is 0. The number of hydrogen-bond acceptors (Lipinski definition) is 3. The maximum Gasteiger partial charge on any atom is 2.00 e. The van der Waals surface area contributed by atoms with Gasteiger partial charge in [0.1, 0.15) is 0 Å². The van der Waals surface area contributed by atoms with E-state index >= 15 is 0 Å². The van der Waals surface area contributed by atoms with Crippen molar-refractivity contribution in [3.8, 4) is 0 Å². The Hall–Kier alpha value is 2.42. The van der Waals surface area contributed by atoms with Gasteiger partial charge in [0, 0.05) is 0 Å². The van der Waals surface area contributed by atoms with Crippen LogP contribution in [0.4, 0.5) is 0 Å². The normalized spacial score (nSPS) is 8.36. The first kappa shape index (κ1) is 36.0. The number of rotatable bonds is 0. The third-order valence-corrected chi connectivity index (χ3v) is 0. The number of hydrogen-bond donors (Lipinski definition) is 5. The van der Waals surface area contributed by atoms with E-state index in [1.54, 1.807) is 0 Å². The molecule has 0 rings (SSSR count). The monoisotopic (exact) mass is 316 g/mol. The Kier molecular flexibility index (Phi) is 39.6. The van der Waals surface area contributed by atoms with Crippen LogP contribution in [0.25, 0.3) is 0 Å². The van der Waals surface area contributed by atoms with E-state index in [0.717, 1.165) is 0 Å². The predicted molar refractivity (Wildman–Crippen MR) is 51.6 cm³/mol. The molecule has 0 bridgehead atoms. The van der Waals surface area contributed by atoms with Gasteiger partial charge in [-0.1, -0.05) is 0 Å². The quantitative estimate of drug-likeness (QED) is 0.171. The third-order valence-electron chi connectivity index (χ3n) is 0. The van der Waals surface area contributed by atoms with Crippen LogP contribution in [-0.4, -0.2) is 119 Å². The molecule has 14 heavy (non-hydrogen) atoms. The fourth-order valence-corrected chi connectivity index (χ4v) is 0. The molecule has 0 radical (unpaired) electrons. The summed E-state index contributed by atoms with van der Waals surface area (Å²) in [5.41, 5.74) is 0. The minimum absolute atomic E-state index is 0. The van der Waals surface area contributed by atoms with Crippen molar-refractivity contribution in [1.82, 2.24) is 0 Å². The molecule has 0 aromatic carbocycles. The molecule has 0 saturated heterocycles. The fourth-order valence-electron chi connectivity index (χ4n) is 0. The van der Waals surface area contributed by atoms with Crippen molar-refractivity contribution in [3.05, 3.63) is 0 Å². The van der Waals surface area contributed by atoms with Gasteiger partial charge >= 0.3 is 93.7 Å². The van der Waals surface area contributed by atoms with E-state index in [2.05, 4.69) is 0 Å². The van der Waals surface area contributed by atoms with Crippen LogP contribution in [0.5, 0.6) is 0 Å². The second-order valence-electron chi connectivity index (χ2n) is 0.961. The Labute approximate surface area is 145 Å². The van der Waals surface area contributed by atoms with Gasteiger partial charge in [0.25, 0.3) is 0 Å². The van der Waals surface area contributed by atoms with Gasteiger partial charge in [0.05, 0.1) is 0 Å². The molecule has 0 heterocycles. The van der Waals surface area contributed by atoms with Crippen LogP contribution >= 0.6 is 7.82 Å². The summed E-state index contributed by atoms with van der Waals surface area (Å²) in [5.74, 6) is 0. The van der Waals surface area contributed by atoms with Crippen LogP contribution in [0, 0.1) is 0 Å². The Morgan fingerprint density at radius 1 is 0.929 bits per heavy atom. The molecule has 0 unspecified atom stereocenters. The summed E-state index contributed by atoms with van der Waals surface area (Å²) in [5, 5.41) is 0. The van der Waals surface area contributed by atoms with Gasteiger partial charge in [-0.25, -0.2) is 4.57 Å². The molecular weight excluding hydrogens is 303 g/mol. The summed E-state index contributed by atoms with van der Waals surface area (Å²) in [7, 11) is -9.31. The average molecular weight is 316 g/mol. The first-order valence-electron chi connectivity index (χ1n) is 1.48. The fraction of sp³-hybridized carbons (Fsp3) is 0. The minimum Gasteiger partial charge on any atom is -1.00 e. The van der Waals surface area contributed by atoms with E-state index in [-0.39, 0.29) is 92.1 Å². The topological polar surface area (TPSA) is 215 Å². The summed E-state index contributed by atoms with van der Waals surface area (Å²) in [6.45, 7) is 0. The maximum absolute atomic E-state index is 8.88. The zero-order chi connectivity index (χ0) is 9.00. The van der Waals surface area contributed by atoms with Gasteiger partial charge in [0.15, 0.2) is 0 Å². The van der Waals surface area contributed by atoms with E-state index < -0.39 is 18.2 Å². The van der Waals surface area contributed by atoms with Gasteiger partial charge in [-0.2, -0.15) is 8.42 Å². The predicted octanol–water partition coefficient (Wildman–Crippen LogP) is -3.54. The molecule has 0 fully saturated rings. The van der Waals surface area contributed by atoms with Crippen LogP contribution in [0.1, 0.15) is 5.71 Å². The molecule has 0 amide bonds. The Morgan fingerprint density at radius 3 is 0.929 bits per heavy atom. The third kappa shape index (κ3) is 444. The zero-order valence-electron chi connectivity index (χ0n) is 10.7. The summed E-state index contributed by atoms with van der Waals surface area (Å²) < 4.78 is 40.5. The average Bonchev–Trinajstić information content (AvgIpc) is 1.12. The molecule has 0 aromatic heterocycles. The first-order chi connectivity index (χ1) is 4.00. The molecule has 88 valence electrons. The van der Waals surface area contributed by atoms with E-state index in [1.165, 1.54) is 0 Å². The van der Waals surface area contributed by atoms with E-state index in [4.69, 9.17) is 36.8 Å². The number of phosphoric acid groups is 1. The van der Waals surface area contributed by atoms with Crippen LogP contribution in [0.3, 0.4) is 0 Å². The smallest absolute Gasteiger partial charge is 1.00 e. The first-order valence-corrected chi connectivity index (χ1v) is 4.44. The van der Waals surface area contributed by atoms with Crippen LogP contribution in [0.2, 0.25) is 0 Å². The van der Waals surface area contributed by atoms with E-state index in [0.29, 0.717) is 0 Å². The van der Waals surface area contributed by atoms with E-state index in [9.17, 15) is 0 Å². The van der Waals surface area contributed by atoms with Gasteiger partial charge < -0.3 is 31.3 Å². The minimum atomic E-state index is -4.67. The van der Waals surface area contributed by atoms with Crippen molar-refractivity contribution >= 4 is 93.7 Å². The standard InChI is InChI=1S/2Ca.H3O4P.H2O4S.2H2O.4H/c;;2*1-5(2,3)4;;;;;;/h;;(H3,1,2,3,4);(H2,1,2,3,4);2*1H2;;;;/q2*+2;;;;;4*-1. The van der Waals surface area contributed by atoms with Gasteiger partial charge in [-0.05, 0) is 0 Å². The molecule has 14 heteroatoms. The summed E-state index contributed by atoms with van der Waals surface area (Å²) in [4.78, 5) is 21.6. The molecular formula is H13Ca2O10PS. The Bertz CT molecular complexity index is 210. The van der Waals surface area contributed by atoms with Crippen molar-refractivity contribution in [3.63, 3.8) is 0 Å². The molecule has 0 saturated carbocycles. The van der Waals surface area contributed by atoms with Crippen molar-refractivity contribution in [2.45, 2.75) is 0 Å². The van der Waals surface area contributed by atoms with Crippen molar-refractivity contribution in [2.75, 3.05) is 0 Å². The van der Waals surface area contributed by atoms with Gasteiger partial charge in [-0.15, -0.1) is 0 Å². The van der Waals surface area contributed by atoms with Gasteiger partial charge in [0.2, 0.25) is 0 Å². The molecule has 0 spiro atoms. The van der Waals surface area contributed by atoms with Crippen LogP contribution in [0.15, 0.2) is 0 Å². The molecule has 0 aliphatic rings. The zero-order valence-corrected chi connectivity index (χ0v) is 12.9. The Balaban J connectivity index is -0.00000000615. The molecule has 9 N–H and O–H groups in total. The van der Waals surface area contributed by atoms with E-state index in [1.807, 2.05) is 0 Å². The summed E-state index contributed by atoms with van der Waals surface area (Å²) in [6, 6.07) is 0. The van der Waals surface area contributed by atoms with Gasteiger partial charge in [-0.3, -0.25) is 9.11 Å². The largest absolute Gasteiger partial charge is 2.00 e. The molecule has 0 aliphatic carbocycles. The van der Waals surface area contributed by atoms with Crippen molar-refractivity contribution in [2.24, 2.45) is 0 Å². The Morgan fingerprint density at radius 2 is 0.929 bits per heavy atom. The SMILES string of the molecule is O.O.O=P(O)(O)O.O=S(=O)(O)O.[Ca+2].[Ca+2].[H-].[H-].[H-].[H-]. The molecule has 10 nitrogen and oxygen atoms in total. The molecule has 0 atom stereocenters. The second kappa shape index (κ2) is 15.4. The second-order valence-corrected chi connectivity index (χ2v) is 2.88. The molecule has 0 aliphatic heterocycles. The molecule has 0 aromatic rings. The maximum atomic E-state index is 8.88.